The molecule has 0 saturated carbocycles. The smallest absolute Gasteiger partial charge is 0.249 e. The number of carbonyl (C=O) groups is 1. The molecule has 1 amide bonds. The molecular weight excluding hydrogens is 204 g/mol. The molecule has 0 aromatic heterocycles. The maximum absolute atomic E-state index is 12.2. The minimum Gasteiger partial charge on any atom is -0.371 e. The van der Waals surface area contributed by atoms with Crippen molar-refractivity contribution in [1.82, 2.24) is 10.2 Å². The van der Waals surface area contributed by atoms with Crippen LogP contribution in [0.1, 0.15) is 19.8 Å². The van der Waals surface area contributed by atoms with Gasteiger partial charge in [-0.1, -0.05) is 0 Å². The summed E-state index contributed by atoms with van der Waals surface area (Å²) in [5.74, 6) is 0.219. The van der Waals surface area contributed by atoms with Crippen LogP contribution in [-0.2, 0) is 9.53 Å². The van der Waals surface area contributed by atoms with Crippen molar-refractivity contribution in [3.63, 3.8) is 0 Å². The normalized spacial score (nSPS) is 32.6. The van der Waals surface area contributed by atoms with Crippen LogP contribution in [0.25, 0.3) is 0 Å². The number of nitrogens with zero attached hydrogens (tertiary/aromatic N) is 1. The second-order valence-electron chi connectivity index (χ2n) is 5.00. The van der Waals surface area contributed by atoms with Gasteiger partial charge in [-0.05, 0) is 25.3 Å². The van der Waals surface area contributed by atoms with Crippen molar-refractivity contribution in [2.24, 2.45) is 0 Å². The highest BCUT2D eigenvalue weighted by molar-refractivity contribution is 5.94. The van der Waals surface area contributed by atoms with Gasteiger partial charge in [-0.3, -0.25) is 4.79 Å². The number of hydrogen-bond acceptors (Lipinski definition) is 3. The van der Waals surface area contributed by atoms with Crippen LogP contribution in [0.5, 0.6) is 0 Å². The maximum atomic E-state index is 12.2. The first kappa shape index (κ1) is 10.3. The van der Waals surface area contributed by atoms with Gasteiger partial charge in [-0.15, -0.1) is 0 Å². The van der Waals surface area contributed by atoms with Crippen LogP contribution < -0.4 is 5.32 Å². The van der Waals surface area contributed by atoms with Crippen LogP contribution in [0.2, 0.25) is 0 Å². The van der Waals surface area contributed by atoms with Crippen molar-refractivity contribution in [3.05, 3.63) is 11.1 Å². The maximum Gasteiger partial charge on any atom is 0.249 e. The summed E-state index contributed by atoms with van der Waals surface area (Å²) in [4.78, 5) is 14.2. The van der Waals surface area contributed by atoms with Crippen molar-refractivity contribution in [1.29, 1.82) is 0 Å². The number of carbonyl (C=O) groups excluding carboxylic acids is 1. The monoisotopic (exact) mass is 222 g/mol. The number of hydrogen-bond donors (Lipinski definition) is 1. The predicted octanol–water partition coefficient (Wildman–Crippen LogP) is 0.296. The Morgan fingerprint density at radius 2 is 1.94 bits per heavy atom. The fourth-order valence-corrected chi connectivity index (χ4v) is 2.68. The summed E-state index contributed by atoms with van der Waals surface area (Å²) in [6.07, 6.45) is 2.82. The van der Waals surface area contributed by atoms with Gasteiger partial charge < -0.3 is 15.0 Å². The molecule has 3 rings (SSSR count). The van der Waals surface area contributed by atoms with Gasteiger partial charge in [0.05, 0.1) is 12.2 Å². The average Bonchev–Trinajstić information content (AvgIpc) is 2.54. The van der Waals surface area contributed by atoms with Crippen molar-refractivity contribution in [3.8, 4) is 0 Å². The zero-order chi connectivity index (χ0) is 11.1. The zero-order valence-electron chi connectivity index (χ0n) is 9.66. The predicted molar refractivity (Wildman–Crippen MR) is 60.0 cm³/mol. The van der Waals surface area contributed by atoms with Crippen LogP contribution in [-0.4, -0.2) is 49.2 Å². The van der Waals surface area contributed by atoms with E-state index in [-0.39, 0.29) is 5.91 Å². The molecule has 3 heterocycles. The van der Waals surface area contributed by atoms with Gasteiger partial charge in [0, 0.05) is 31.8 Å². The van der Waals surface area contributed by atoms with Crippen LogP contribution in [0.4, 0.5) is 0 Å². The third-order valence-corrected chi connectivity index (χ3v) is 3.86. The van der Waals surface area contributed by atoms with Gasteiger partial charge in [0.1, 0.15) is 0 Å². The van der Waals surface area contributed by atoms with Crippen LogP contribution in [0.3, 0.4) is 0 Å². The third kappa shape index (κ3) is 1.66. The molecule has 3 fully saturated rings. The first-order valence-electron chi connectivity index (χ1n) is 6.08. The number of amides is 1. The first-order valence-corrected chi connectivity index (χ1v) is 6.08. The lowest BCUT2D eigenvalue weighted by Gasteiger charge is -2.33. The standard InChI is InChI=1S/C12H18N2O2/c1-8(9-4-13-5-9)12(15)14-6-10-2-3-11(7-14)16-10/h10-11,13H,2-7H2,1H3. The first-order chi connectivity index (χ1) is 7.74. The molecule has 4 heteroatoms. The number of nitrogens with one attached hydrogen (secondary N) is 1. The van der Waals surface area contributed by atoms with Crippen molar-refractivity contribution in [2.45, 2.75) is 32.0 Å². The van der Waals surface area contributed by atoms with Crippen molar-refractivity contribution < 1.29 is 9.53 Å². The van der Waals surface area contributed by atoms with E-state index in [9.17, 15) is 4.79 Å². The lowest BCUT2D eigenvalue weighted by Crippen LogP contribution is -2.47. The molecule has 3 saturated heterocycles. The Balaban J connectivity index is 1.71. The summed E-state index contributed by atoms with van der Waals surface area (Å²) in [5.41, 5.74) is 2.21. The Morgan fingerprint density at radius 1 is 1.31 bits per heavy atom. The van der Waals surface area contributed by atoms with Crippen LogP contribution in [0.15, 0.2) is 11.1 Å². The molecule has 2 unspecified atom stereocenters. The molecule has 0 aromatic carbocycles. The summed E-state index contributed by atoms with van der Waals surface area (Å²) in [7, 11) is 0. The molecule has 0 aliphatic carbocycles. The molecule has 0 spiro atoms. The quantitative estimate of drug-likeness (QED) is 0.649. The summed E-state index contributed by atoms with van der Waals surface area (Å²) in [6.45, 7) is 5.29. The Morgan fingerprint density at radius 3 is 2.44 bits per heavy atom. The Kier molecular flexibility index (Phi) is 2.48. The lowest BCUT2D eigenvalue weighted by atomic mass is 10.0. The van der Waals surface area contributed by atoms with E-state index < -0.39 is 0 Å². The van der Waals surface area contributed by atoms with Gasteiger partial charge in [-0.25, -0.2) is 0 Å². The second-order valence-corrected chi connectivity index (χ2v) is 5.00. The molecule has 0 aromatic rings. The largest absolute Gasteiger partial charge is 0.371 e. The van der Waals surface area contributed by atoms with Gasteiger partial charge >= 0.3 is 0 Å². The Bertz CT molecular complexity index is 333. The minimum absolute atomic E-state index is 0.219. The summed E-state index contributed by atoms with van der Waals surface area (Å²) in [6, 6.07) is 0. The summed E-state index contributed by atoms with van der Waals surface area (Å²) >= 11 is 0. The third-order valence-electron chi connectivity index (χ3n) is 3.86. The molecule has 88 valence electrons. The van der Waals surface area contributed by atoms with Gasteiger partial charge in [0.2, 0.25) is 5.91 Å². The lowest BCUT2D eigenvalue weighted by molar-refractivity contribution is -0.135. The fraction of sp³-hybridized carbons (Fsp3) is 0.750. The van der Waals surface area contributed by atoms with Gasteiger partial charge in [0.15, 0.2) is 0 Å². The van der Waals surface area contributed by atoms with E-state index in [0.717, 1.165) is 44.6 Å². The average molecular weight is 222 g/mol. The van der Waals surface area contributed by atoms with E-state index in [0.29, 0.717) is 12.2 Å². The summed E-state index contributed by atoms with van der Waals surface area (Å²) in [5, 5.41) is 3.18. The molecule has 1 N–H and O–H groups in total. The highest BCUT2D eigenvalue weighted by atomic mass is 16.5. The van der Waals surface area contributed by atoms with Crippen LogP contribution >= 0.6 is 0 Å². The number of likely N-dealkylation sites (tertiary alicyclic amines) is 1. The minimum atomic E-state index is 0.219. The Labute approximate surface area is 95.6 Å². The molecule has 2 bridgehead atoms. The number of ether oxygens (including phenoxy) is 1. The zero-order valence-corrected chi connectivity index (χ0v) is 9.66. The highest BCUT2D eigenvalue weighted by Gasteiger charge is 2.36. The topological polar surface area (TPSA) is 41.6 Å². The molecule has 2 atom stereocenters. The molecule has 3 aliphatic heterocycles. The van der Waals surface area contributed by atoms with E-state index in [2.05, 4.69) is 5.32 Å². The van der Waals surface area contributed by atoms with Crippen LogP contribution in [0, 0.1) is 0 Å². The molecular formula is C12H18N2O2. The van der Waals surface area contributed by atoms with Gasteiger partial charge in [-0.2, -0.15) is 0 Å². The van der Waals surface area contributed by atoms with Crippen molar-refractivity contribution in [2.75, 3.05) is 26.2 Å². The Hall–Kier alpha value is -0.870. The van der Waals surface area contributed by atoms with E-state index in [1.54, 1.807) is 0 Å². The number of fused-ring (bicyclic) bond motifs is 2. The SMILES string of the molecule is CC(C(=O)N1CC2CCC(C1)O2)=C1CNC1. The number of morpholine rings is 1. The van der Waals surface area contributed by atoms with Gasteiger partial charge in [0.25, 0.3) is 0 Å². The fourth-order valence-electron chi connectivity index (χ4n) is 2.68. The molecule has 0 radical (unpaired) electrons. The van der Waals surface area contributed by atoms with Crippen molar-refractivity contribution >= 4 is 5.91 Å². The highest BCUT2D eigenvalue weighted by Crippen LogP contribution is 2.27. The molecule has 3 aliphatic rings. The molecule has 16 heavy (non-hydrogen) atoms. The van der Waals surface area contributed by atoms with E-state index in [1.807, 2.05) is 11.8 Å². The van der Waals surface area contributed by atoms with E-state index in [1.165, 1.54) is 5.57 Å². The van der Waals surface area contributed by atoms with E-state index >= 15 is 0 Å². The summed E-state index contributed by atoms with van der Waals surface area (Å²) < 4.78 is 5.74. The number of rotatable bonds is 1. The second kappa shape index (κ2) is 3.86. The molecule has 4 nitrogen and oxygen atoms in total. The van der Waals surface area contributed by atoms with E-state index in [4.69, 9.17) is 4.74 Å².